The van der Waals surface area contributed by atoms with Crippen molar-refractivity contribution < 1.29 is 4.74 Å². The summed E-state index contributed by atoms with van der Waals surface area (Å²) in [5.74, 6) is 1.19. The number of nitrogens with zero attached hydrogens (tertiary/aromatic N) is 4. The molecule has 0 radical (unpaired) electrons. The Labute approximate surface area is 154 Å². The zero-order valence-corrected chi connectivity index (χ0v) is 15.8. The molecule has 3 heterocycles. The van der Waals surface area contributed by atoms with Gasteiger partial charge in [-0.25, -0.2) is 4.98 Å². The monoisotopic (exact) mass is 350 g/mol. The van der Waals surface area contributed by atoms with E-state index in [4.69, 9.17) is 9.72 Å². The summed E-state index contributed by atoms with van der Waals surface area (Å²) in [6.07, 6.45) is 3.90. The summed E-state index contributed by atoms with van der Waals surface area (Å²) in [6.45, 7) is 8.96. The van der Waals surface area contributed by atoms with E-state index in [2.05, 4.69) is 42.9 Å². The van der Waals surface area contributed by atoms with Gasteiger partial charge in [-0.3, -0.25) is 0 Å². The number of rotatable bonds is 6. The molecule has 0 atom stereocenters. The molecule has 5 nitrogen and oxygen atoms in total. The summed E-state index contributed by atoms with van der Waals surface area (Å²) >= 11 is 0. The van der Waals surface area contributed by atoms with Crippen LogP contribution in [-0.4, -0.2) is 26.7 Å². The molecule has 0 saturated heterocycles. The van der Waals surface area contributed by atoms with Crippen molar-refractivity contribution in [3.63, 3.8) is 0 Å². The Balaban J connectivity index is 1.65. The molecule has 0 amide bonds. The van der Waals surface area contributed by atoms with Crippen molar-refractivity contribution in [2.75, 3.05) is 11.4 Å². The highest BCUT2D eigenvalue weighted by Gasteiger charge is 2.35. The zero-order chi connectivity index (χ0) is 18.1. The van der Waals surface area contributed by atoms with E-state index in [1.54, 1.807) is 0 Å². The molecule has 1 aliphatic rings. The van der Waals surface area contributed by atoms with Crippen LogP contribution < -0.4 is 4.90 Å². The van der Waals surface area contributed by atoms with E-state index >= 15 is 0 Å². The van der Waals surface area contributed by atoms with Crippen LogP contribution >= 0.6 is 0 Å². The number of benzene rings is 1. The molecule has 1 aliphatic heterocycles. The van der Waals surface area contributed by atoms with Gasteiger partial charge >= 0.3 is 0 Å². The van der Waals surface area contributed by atoms with Crippen molar-refractivity contribution in [3.8, 4) is 0 Å². The van der Waals surface area contributed by atoms with Gasteiger partial charge in [0, 0.05) is 23.7 Å². The van der Waals surface area contributed by atoms with Gasteiger partial charge in [-0.15, -0.1) is 0 Å². The first kappa shape index (κ1) is 17.0. The Hall–Kier alpha value is -2.40. The average Bonchev–Trinajstić information content (AvgIpc) is 3.29. The van der Waals surface area contributed by atoms with E-state index < -0.39 is 0 Å². The summed E-state index contributed by atoms with van der Waals surface area (Å²) in [5, 5.41) is 4.53. The zero-order valence-electron chi connectivity index (χ0n) is 15.8. The summed E-state index contributed by atoms with van der Waals surface area (Å²) in [4.78, 5) is 7.31. The first-order chi connectivity index (χ1) is 12.6. The lowest BCUT2D eigenvalue weighted by Gasteiger charge is -2.37. The third-order valence-corrected chi connectivity index (χ3v) is 5.48. The number of hydrogen-bond donors (Lipinski definition) is 0. The molecule has 0 unspecified atom stereocenters. The van der Waals surface area contributed by atoms with Crippen molar-refractivity contribution >= 4 is 11.5 Å². The molecule has 0 saturated carbocycles. The van der Waals surface area contributed by atoms with E-state index in [-0.39, 0.29) is 5.54 Å². The smallest absolute Gasteiger partial charge is 0.157 e. The fourth-order valence-electron chi connectivity index (χ4n) is 3.61. The SMILES string of the molecule is CCC(C)(C)N1CCc2c(COCc3ccccc3)nc3ccnn3c21. The molecule has 0 spiro atoms. The number of fused-ring (bicyclic) bond motifs is 3. The molecule has 2 aromatic heterocycles. The molecule has 26 heavy (non-hydrogen) atoms. The second-order valence-electron chi connectivity index (χ2n) is 7.51. The minimum Gasteiger partial charge on any atom is -0.370 e. The number of anilines is 1. The lowest BCUT2D eigenvalue weighted by molar-refractivity contribution is 0.104. The van der Waals surface area contributed by atoms with Crippen molar-refractivity contribution in [2.24, 2.45) is 0 Å². The predicted octanol–water partition coefficient (Wildman–Crippen LogP) is 4.00. The lowest BCUT2D eigenvalue weighted by Crippen LogP contribution is -2.43. The molecule has 5 heteroatoms. The van der Waals surface area contributed by atoms with Gasteiger partial charge in [0.2, 0.25) is 0 Å². The minimum absolute atomic E-state index is 0.0909. The third-order valence-electron chi connectivity index (χ3n) is 5.48. The molecule has 136 valence electrons. The van der Waals surface area contributed by atoms with Gasteiger partial charge in [0.1, 0.15) is 5.82 Å². The van der Waals surface area contributed by atoms with Crippen LogP contribution in [0.5, 0.6) is 0 Å². The van der Waals surface area contributed by atoms with Gasteiger partial charge in [-0.2, -0.15) is 9.61 Å². The fourth-order valence-corrected chi connectivity index (χ4v) is 3.61. The third kappa shape index (κ3) is 2.97. The molecule has 3 aromatic rings. The van der Waals surface area contributed by atoms with Crippen molar-refractivity contribution in [2.45, 2.75) is 52.4 Å². The van der Waals surface area contributed by atoms with E-state index in [1.165, 1.54) is 16.9 Å². The molecular weight excluding hydrogens is 324 g/mol. The van der Waals surface area contributed by atoms with Crippen LogP contribution in [0.2, 0.25) is 0 Å². The Bertz CT molecular complexity index is 901. The van der Waals surface area contributed by atoms with Gasteiger partial charge in [0.25, 0.3) is 0 Å². The first-order valence-electron chi connectivity index (χ1n) is 9.35. The van der Waals surface area contributed by atoms with Crippen molar-refractivity contribution in [3.05, 3.63) is 59.4 Å². The van der Waals surface area contributed by atoms with E-state index in [1.807, 2.05) is 35.0 Å². The Morgan fingerprint density at radius 3 is 2.69 bits per heavy atom. The van der Waals surface area contributed by atoms with Crippen LogP contribution in [0.15, 0.2) is 42.6 Å². The van der Waals surface area contributed by atoms with Crippen LogP contribution in [0.3, 0.4) is 0 Å². The van der Waals surface area contributed by atoms with Gasteiger partial charge in [0.15, 0.2) is 5.65 Å². The fraction of sp³-hybridized carbons (Fsp3) is 0.429. The summed E-state index contributed by atoms with van der Waals surface area (Å²) < 4.78 is 7.98. The molecule has 0 aliphatic carbocycles. The highest BCUT2D eigenvalue weighted by Crippen LogP contribution is 2.36. The molecule has 0 bridgehead atoms. The second-order valence-corrected chi connectivity index (χ2v) is 7.51. The Morgan fingerprint density at radius 2 is 1.92 bits per heavy atom. The number of hydrogen-bond acceptors (Lipinski definition) is 4. The van der Waals surface area contributed by atoms with Crippen LogP contribution in [-0.2, 0) is 24.4 Å². The van der Waals surface area contributed by atoms with Crippen molar-refractivity contribution in [1.29, 1.82) is 0 Å². The molecule has 0 N–H and O–H groups in total. The van der Waals surface area contributed by atoms with Crippen LogP contribution in [0, 0.1) is 0 Å². The van der Waals surface area contributed by atoms with Gasteiger partial charge in [0.05, 0.1) is 25.1 Å². The van der Waals surface area contributed by atoms with Gasteiger partial charge in [-0.1, -0.05) is 37.3 Å². The molecule has 1 aromatic carbocycles. The van der Waals surface area contributed by atoms with Crippen LogP contribution in [0.25, 0.3) is 5.65 Å². The highest BCUT2D eigenvalue weighted by atomic mass is 16.5. The minimum atomic E-state index is 0.0909. The first-order valence-corrected chi connectivity index (χ1v) is 9.35. The number of ether oxygens (including phenoxy) is 1. The quantitative estimate of drug-likeness (QED) is 0.674. The van der Waals surface area contributed by atoms with Crippen LogP contribution in [0.1, 0.15) is 44.0 Å². The Morgan fingerprint density at radius 1 is 1.12 bits per heavy atom. The van der Waals surface area contributed by atoms with Gasteiger partial charge < -0.3 is 9.64 Å². The van der Waals surface area contributed by atoms with E-state index in [9.17, 15) is 0 Å². The maximum Gasteiger partial charge on any atom is 0.157 e. The summed E-state index contributed by atoms with van der Waals surface area (Å²) in [5.41, 5.74) is 4.48. The predicted molar refractivity (Wildman–Crippen MR) is 103 cm³/mol. The van der Waals surface area contributed by atoms with Crippen LogP contribution in [0.4, 0.5) is 5.82 Å². The molecular formula is C21H26N4O. The van der Waals surface area contributed by atoms with E-state index in [0.717, 1.165) is 30.7 Å². The largest absolute Gasteiger partial charge is 0.370 e. The second kappa shape index (κ2) is 6.72. The summed E-state index contributed by atoms with van der Waals surface area (Å²) in [7, 11) is 0. The Kier molecular flexibility index (Phi) is 4.41. The van der Waals surface area contributed by atoms with Crippen molar-refractivity contribution in [1.82, 2.24) is 14.6 Å². The maximum absolute atomic E-state index is 5.99. The maximum atomic E-state index is 5.99. The summed E-state index contributed by atoms with van der Waals surface area (Å²) in [6, 6.07) is 12.2. The lowest BCUT2D eigenvalue weighted by atomic mass is 10.00. The van der Waals surface area contributed by atoms with E-state index in [0.29, 0.717) is 13.2 Å². The topological polar surface area (TPSA) is 42.7 Å². The van der Waals surface area contributed by atoms with Gasteiger partial charge in [-0.05, 0) is 32.3 Å². The molecule has 0 fully saturated rings. The average molecular weight is 350 g/mol. The normalized spacial score (nSPS) is 14.2. The standard InChI is InChI=1S/C21H26N4O/c1-4-21(2,3)24-13-11-17-18(15-26-14-16-8-6-5-7-9-16)23-19-10-12-22-25(19)20(17)24/h5-10,12H,4,11,13-15H2,1-3H3. The number of aromatic nitrogens is 3. The molecule has 4 rings (SSSR count). The highest BCUT2D eigenvalue weighted by molar-refractivity contribution is 5.61.